The van der Waals surface area contributed by atoms with Crippen LogP contribution in [0.3, 0.4) is 0 Å². The molecule has 1 saturated heterocycles. The first-order valence-corrected chi connectivity index (χ1v) is 11.2. The van der Waals surface area contributed by atoms with E-state index < -0.39 is 0 Å². The summed E-state index contributed by atoms with van der Waals surface area (Å²) in [5, 5.41) is 0. The summed E-state index contributed by atoms with van der Waals surface area (Å²) in [4.78, 5) is 26.4. The van der Waals surface area contributed by atoms with Crippen LogP contribution in [-0.2, 0) is 12.8 Å². The highest BCUT2D eigenvalue weighted by Crippen LogP contribution is 2.28. The van der Waals surface area contributed by atoms with Crippen molar-refractivity contribution in [3.8, 4) is 0 Å². The summed E-state index contributed by atoms with van der Waals surface area (Å²) < 4.78 is 19.7. The highest BCUT2D eigenvalue weighted by Gasteiger charge is 2.27. The predicted octanol–water partition coefficient (Wildman–Crippen LogP) is 4.45. The van der Waals surface area contributed by atoms with Crippen molar-refractivity contribution in [1.82, 2.24) is 14.9 Å². The molecule has 6 nitrogen and oxygen atoms in total. The number of hydrogen-bond acceptors (Lipinski definition) is 5. The number of rotatable bonds is 6. The number of benzene rings is 1. The van der Waals surface area contributed by atoms with Gasteiger partial charge in [0.25, 0.3) is 5.91 Å². The molecule has 4 rings (SSSR count). The second-order valence-corrected chi connectivity index (χ2v) is 8.36. The lowest BCUT2D eigenvalue weighted by Gasteiger charge is -2.36. The van der Waals surface area contributed by atoms with Gasteiger partial charge in [0.1, 0.15) is 17.5 Å². The number of aryl methyl sites for hydroxylation is 1. The molecular formula is C25H29FN4O2. The molecule has 7 heteroatoms. The highest BCUT2D eigenvalue weighted by atomic mass is 19.1. The van der Waals surface area contributed by atoms with Gasteiger partial charge in [-0.1, -0.05) is 39.0 Å². The molecule has 1 fully saturated rings. The van der Waals surface area contributed by atoms with Gasteiger partial charge in [-0.2, -0.15) is 0 Å². The Kier molecular flexibility index (Phi) is 6.53. The molecule has 0 unspecified atom stereocenters. The van der Waals surface area contributed by atoms with Gasteiger partial charge in [0.2, 0.25) is 0 Å². The summed E-state index contributed by atoms with van der Waals surface area (Å²) in [5.74, 6) is 1.87. The molecular weight excluding hydrogens is 407 g/mol. The lowest BCUT2D eigenvalue weighted by molar-refractivity contribution is 0.0714. The quantitative estimate of drug-likeness (QED) is 0.571. The molecule has 0 radical (unpaired) electrons. The first-order chi connectivity index (χ1) is 15.5. The van der Waals surface area contributed by atoms with Crippen molar-refractivity contribution >= 4 is 11.7 Å². The monoisotopic (exact) mass is 436 g/mol. The average molecular weight is 437 g/mol. The lowest BCUT2D eigenvalue weighted by Crippen LogP contribution is -2.49. The van der Waals surface area contributed by atoms with Crippen LogP contribution in [0.4, 0.5) is 10.2 Å². The normalized spacial score (nSPS) is 14.3. The van der Waals surface area contributed by atoms with E-state index in [9.17, 15) is 9.18 Å². The van der Waals surface area contributed by atoms with Crippen LogP contribution in [0, 0.1) is 5.82 Å². The number of piperazine rings is 1. The summed E-state index contributed by atoms with van der Waals surface area (Å²) in [6, 6.07) is 10.3. The Morgan fingerprint density at radius 1 is 1.09 bits per heavy atom. The molecule has 3 aromatic rings. The first-order valence-electron chi connectivity index (χ1n) is 11.2. The van der Waals surface area contributed by atoms with Crippen LogP contribution >= 0.6 is 0 Å². The third-order valence-electron chi connectivity index (χ3n) is 5.86. The minimum absolute atomic E-state index is 0.0963. The van der Waals surface area contributed by atoms with Crippen LogP contribution in [0.25, 0.3) is 0 Å². The Morgan fingerprint density at radius 2 is 1.84 bits per heavy atom. The Hall–Kier alpha value is -3.22. The number of hydrogen-bond donors (Lipinski definition) is 0. The van der Waals surface area contributed by atoms with Gasteiger partial charge in [-0.3, -0.25) is 4.79 Å². The molecule has 1 aromatic carbocycles. The number of furan rings is 1. The number of halogens is 1. The zero-order chi connectivity index (χ0) is 22.7. The number of nitrogens with zero attached hydrogens (tertiary/aromatic N) is 4. The topological polar surface area (TPSA) is 62.5 Å². The minimum Gasteiger partial charge on any atom is -0.459 e. The van der Waals surface area contributed by atoms with Crippen LogP contribution in [0.15, 0.2) is 47.1 Å². The van der Waals surface area contributed by atoms with Gasteiger partial charge in [0.15, 0.2) is 5.76 Å². The van der Waals surface area contributed by atoms with Crippen LogP contribution in [0.1, 0.15) is 59.9 Å². The smallest absolute Gasteiger partial charge is 0.289 e. The Balaban J connectivity index is 1.64. The molecule has 1 aliphatic rings. The molecule has 0 saturated carbocycles. The standard InChI is InChI=1S/C25H29FN4O2/c1-4-21-19(16-18-8-5-6-9-20(18)26)24(28-23(27-21)17(2)3)29-11-13-30(14-12-29)25(31)22-10-7-15-32-22/h5-10,15,17H,4,11-14,16H2,1-3H3. The van der Waals surface area contributed by atoms with Gasteiger partial charge < -0.3 is 14.2 Å². The molecule has 0 atom stereocenters. The van der Waals surface area contributed by atoms with Crippen LogP contribution < -0.4 is 4.90 Å². The van der Waals surface area contributed by atoms with Gasteiger partial charge >= 0.3 is 0 Å². The van der Waals surface area contributed by atoms with E-state index in [1.54, 1.807) is 23.1 Å². The van der Waals surface area contributed by atoms with Crippen molar-refractivity contribution < 1.29 is 13.6 Å². The van der Waals surface area contributed by atoms with Gasteiger partial charge in [-0.15, -0.1) is 0 Å². The van der Waals surface area contributed by atoms with Gasteiger partial charge in [0.05, 0.1) is 6.26 Å². The van der Waals surface area contributed by atoms with Gasteiger partial charge in [-0.05, 0) is 30.2 Å². The number of carbonyl (C=O) groups excluding carboxylic acids is 1. The second kappa shape index (κ2) is 9.51. The largest absolute Gasteiger partial charge is 0.459 e. The number of carbonyl (C=O) groups is 1. The van der Waals surface area contributed by atoms with E-state index >= 15 is 0 Å². The van der Waals surface area contributed by atoms with Crippen molar-refractivity contribution in [3.05, 3.63) is 76.9 Å². The van der Waals surface area contributed by atoms with Crippen molar-refractivity contribution in [2.24, 2.45) is 0 Å². The molecule has 3 heterocycles. The number of anilines is 1. The molecule has 1 aliphatic heterocycles. The molecule has 2 aromatic heterocycles. The third kappa shape index (κ3) is 4.52. The van der Waals surface area contributed by atoms with Crippen molar-refractivity contribution in [3.63, 3.8) is 0 Å². The average Bonchev–Trinajstić information content (AvgIpc) is 3.35. The maximum Gasteiger partial charge on any atom is 0.289 e. The Morgan fingerprint density at radius 3 is 2.47 bits per heavy atom. The van der Waals surface area contributed by atoms with E-state index in [0.717, 1.165) is 29.3 Å². The molecule has 0 bridgehead atoms. The molecule has 0 spiro atoms. The molecule has 32 heavy (non-hydrogen) atoms. The highest BCUT2D eigenvalue weighted by molar-refractivity contribution is 5.91. The zero-order valence-electron chi connectivity index (χ0n) is 18.8. The maximum atomic E-state index is 14.5. The summed E-state index contributed by atoms with van der Waals surface area (Å²) in [6.07, 6.45) is 2.70. The van der Waals surface area contributed by atoms with Crippen molar-refractivity contribution in [2.75, 3.05) is 31.1 Å². The van der Waals surface area contributed by atoms with Crippen molar-refractivity contribution in [2.45, 2.75) is 39.5 Å². The predicted molar refractivity (Wildman–Crippen MR) is 122 cm³/mol. The Labute approximate surface area is 188 Å². The maximum absolute atomic E-state index is 14.5. The van der Waals surface area contributed by atoms with E-state index in [2.05, 4.69) is 25.7 Å². The fourth-order valence-corrected chi connectivity index (χ4v) is 4.04. The third-order valence-corrected chi connectivity index (χ3v) is 5.86. The van der Waals surface area contributed by atoms with Crippen LogP contribution in [0.2, 0.25) is 0 Å². The zero-order valence-corrected chi connectivity index (χ0v) is 18.8. The summed E-state index contributed by atoms with van der Waals surface area (Å²) in [7, 11) is 0. The van der Waals surface area contributed by atoms with E-state index in [1.807, 2.05) is 12.1 Å². The fraction of sp³-hybridized carbons (Fsp3) is 0.400. The lowest BCUT2D eigenvalue weighted by atomic mass is 10.0. The van der Waals surface area contributed by atoms with E-state index in [4.69, 9.17) is 14.4 Å². The van der Waals surface area contributed by atoms with Gasteiger partial charge in [-0.25, -0.2) is 14.4 Å². The van der Waals surface area contributed by atoms with E-state index in [-0.39, 0.29) is 17.6 Å². The Bertz CT molecular complexity index is 1070. The summed E-state index contributed by atoms with van der Waals surface area (Å²) >= 11 is 0. The van der Waals surface area contributed by atoms with Crippen LogP contribution in [-0.4, -0.2) is 47.0 Å². The van der Waals surface area contributed by atoms with E-state index in [1.165, 1.54) is 12.3 Å². The summed E-state index contributed by atoms with van der Waals surface area (Å²) in [6.45, 7) is 8.66. The van der Waals surface area contributed by atoms with Crippen molar-refractivity contribution in [1.29, 1.82) is 0 Å². The van der Waals surface area contributed by atoms with Crippen LogP contribution in [0.5, 0.6) is 0 Å². The second-order valence-electron chi connectivity index (χ2n) is 8.36. The first kappa shape index (κ1) is 22.0. The summed E-state index contributed by atoms with van der Waals surface area (Å²) in [5.41, 5.74) is 2.56. The molecule has 0 N–H and O–H groups in total. The molecule has 1 amide bonds. The number of amides is 1. The number of aromatic nitrogens is 2. The van der Waals surface area contributed by atoms with Gasteiger partial charge in [0, 0.05) is 49.8 Å². The molecule has 0 aliphatic carbocycles. The minimum atomic E-state index is -0.220. The molecule has 168 valence electrons. The fourth-order valence-electron chi connectivity index (χ4n) is 4.04. The SMILES string of the molecule is CCc1nc(C(C)C)nc(N2CCN(C(=O)c3ccco3)CC2)c1Cc1ccccc1F. The van der Waals surface area contributed by atoms with E-state index in [0.29, 0.717) is 43.9 Å².